The highest BCUT2D eigenvalue weighted by Gasteiger charge is 2.23. The van der Waals surface area contributed by atoms with Crippen LogP contribution >= 0.6 is 11.8 Å². The molecule has 1 atom stereocenters. The van der Waals surface area contributed by atoms with E-state index in [2.05, 4.69) is 39.5 Å². The third kappa shape index (κ3) is 5.23. The number of para-hydroxylation sites is 1. The fourth-order valence-corrected chi connectivity index (χ4v) is 4.93. The molecule has 3 aromatic rings. The Balaban J connectivity index is 1.29. The highest BCUT2D eigenvalue weighted by atomic mass is 32.2. The molecule has 9 nitrogen and oxygen atoms in total. The number of hydrogen-bond acceptors (Lipinski definition) is 8. The second-order valence-electron chi connectivity index (χ2n) is 8.48. The number of hydrogen-bond donors (Lipinski definition) is 1. The topological polar surface area (TPSA) is 90.7 Å². The molecule has 1 amide bonds. The number of fused-ring (bicyclic) bond motifs is 1. The lowest BCUT2D eigenvalue weighted by atomic mass is 10.1. The van der Waals surface area contributed by atoms with E-state index in [9.17, 15) is 4.79 Å². The van der Waals surface area contributed by atoms with Crippen molar-refractivity contribution in [1.82, 2.24) is 20.1 Å². The lowest BCUT2D eigenvalue weighted by molar-refractivity contribution is -0.119. The van der Waals surface area contributed by atoms with Gasteiger partial charge in [-0.05, 0) is 43.2 Å². The average molecular weight is 496 g/mol. The van der Waals surface area contributed by atoms with Crippen molar-refractivity contribution in [3.8, 4) is 17.2 Å². The third-order valence-electron chi connectivity index (χ3n) is 6.04. The first kappa shape index (κ1) is 23.5. The van der Waals surface area contributed by atoms with Gasteiger partial charge >= 0.3 is 0 Å². The minimum Gasteiger partial charge on any atom is -0.486 e. The van der Waals surface area contributed by atoms with Crippen LogP contribution in [0.25, 0.3) is 5.69 Å². The number of amides is 1. The van der Waals surface area contributed by atoms with Gasteiger partial charge in [-0.1, -0.05) is 36.0 Å². The molecule has 184 valence electrons. The molecule has 35 heavy (non-hydrogen) atoms. The van der Waals surface area contributed by atoms with E-state index < -0.39 is 0 Å². The molecule has 2 aliphatic rings. The summed E-state index contributed by atoms with van der Waals surface area (Å²) in [6, 6.07) is 13.7. The Labute approximate surface area is 208 Å². The highest BCUT2D eigenvalue weighted by Crippen LogP contribution is 2.33. The molecule has 0 unspecified atom stereocenters. The van der Waals surface area contributed by atoms with Crippen molar-refractivity contribution in [3.05, 3.63) is 53.6 Å². The van der Waals surface area contributed by atoms with E-state index in [1.807, 2.05) is 41.8 Å². The summed E-state index contributed by atoms with van der Waals surface area (Å²) in [5.74, 6) is 2.37. The lowest BCUT2D eigenvalue weighted by Gasteiger charge is -2.28. The third-order valence-corrected chi connectivity index (χ3v) is 6.97. The van der Waals surface area contributed by atoms with E-state index in [-0.39, 0.29) is 17.7 Å². The molecule has 0 radical (unpaired) electrons. The minimum atomic E-state index is -0.169. The number of carbonyl (C=O) groups excluding carboxylic acids is 1. The maximum absolute atomic E-state index is 12.8. The van der Waals surface area contributed by atoms with Crippen molar-refractivity contribution < 1.29 is 19.0 Å². The Hall–Kier alpha value is -3.24. The van der Waals surface area contributed by atoms with Crippen LogP contribution in [-0.2, 0) is 9.53 Å². The van der Waals surface area contributed by atoms with E-state index in [0.29, 0.717) is 37.3 Å². The van der Waals surface area contributed by atoms with Crippen LogP contribution in [0.4, 0.5) is 5.95 Å². The van der Waals surface area contributed by atoms with E-state index >= 15 is 0 Å². The molecule has 0 aliphatic carbocycles. The summed E-state index contributed by atoms with van der Waals surface area (Å²) < 4.78 is 18.8. The number of thioether (sulfide) groups is 1. The molecule has 0 spiro atoms. The van der Waals surface area contributed by atoms with E-state index in [0.717, 1.165) is 41.6 Å². The quantitative estimate of drug-likeness (QED) is 0.500. The predicted molar refractivity (Wildman–Crippen MR) is 134 cm³/mol. The van der Waals surface area contributed by atoms with E-state index in [4.69, 9.17) is 14.2 Å². The number of nitrogens with zero attached hydrogens (tertiary/aromatic N) is 4. The maximum atomic E-state index is 12.8. The van der Waals surface area contributed by atoms with Crippen LogP contribution in [0.2, 0.25) is 0 Å². The predicted octanol–water partition coefficient (Wildman–Crippen LogP) is 3.15. The van der Waals surface area contributed by atoms with Gasteiger partial charge in [-0.2, -0.15) is 0 Å². The van der Waals surface area contributed by atoms with Crippen molar-refractivity contribution in [2.75, 3.05) is 50.2 Å². The molecule has 0 saturated carbocycles. The highest BCUT2D eigenvalue weighted by molar-refractivity contribution is 7.99. The summed E-state index contributed by atoms with van der Waals surface area (Å²) in [4.78, 5) is 15.0. The Morgan fingerprint density at radius 3 is 2.63 bits per heavy atom. The van der Waals surface area contributed by atoms with Crippen LogP contribution in [0.1, 0.15) is 24.1 Å². The van der Waals surface area contributed by atoms with Crippen LogP contribution in [0.15, 0.2) is 47.6 Å². The summed E-state index contributed by atoms with van der Waals surface area (Å²) in [6.07, 6.45) is 0. The van der Waals surface area contributed by atoms with Crippen LogP contribution in [0.3, 0.4) is 0 Å². The van der Waals surface area contributed by atoms with Gasteiger partial charge in [-0.3, -0.25) is 9.36 Å². The molecule has 1 aromatic heterocycles. The second-order valence-corrected chi connectivity index (χ2v) is 9.43. The normalized spacial score (nSPS) is 16.1. The van der Waals surface area contributed by atoms with E-state index in [1.54, 1.807) is 0 Å². The fraction of sp³-hybridized carbons (Fsp3) is 0.400. The second kappa shape index (κ2) is 10.6. The summed E-state index contributed by atoms with van der Waals surface area (Å²) >= 11 is 1.38. The summed E-state index contributed by atoms with van der Waals surface area (Å²) in [5, 5.41) is 12.7. The summed E-state index contributed by atoms with van der Waals surface area (Å²) in [6.45, 7) is 7.92. The zero-order chi connectivity index (χ0) is 24.2. The zero-order valence-electron chi connectivity index (χ0n) is 19.9. The Morgan fingerprint density at radius 1 is 1.06 bits per heavy atom. The first-order valence-electron chi connectivity index (χ1n) is 11.8. The van der Waals surface area contributed by atoms with Crippen molar-refractivity contribution in [1.29, 1.82) is 0 Å². The van der Waals surface area contributed by atoms with Gasteiger partial charge in [0.05, 0.1) is 30.7 Å². The van der Waals surface area contributed by atoms with Crippen LogP contribution in [0, 0.1) is 6.92 Å². The molecular weight excluding hydrogens is 466 g/mol. The Morgan fingerprint density at radius 2 is 1.83 bits per heavy atom. The molecule has 2 aromatic carbocycles. The van der Waals surface area contributed by atoms with Crippen molar-refractivity contribution in [2.24, 2.45) is 0 Å². The molecule has 1 saturated heterocycles. The van der Waals surface area contributed by atoms with Gasteiger partial charge in [0, 0.05) is 13.1 Å². The van der Waals surface area contributed by atoms with Gasteiger partial charge in [-0.15, -0.1) is 10.2 Å². The van der Waals surface area contributed by atoms with Gasteiger partial charge in [0.1, 0.15) is 13.2 Å². The molecule has 3 heterocycles. The summed E-state index contributed by atoms with van der Waals surface area (Å²) in [5.41, 5.74) is 3.08. The smallest absolute Gasteiger partial charge is 0.232 e. The number of anilines is 1. The molecule has 10 heteroatoms. The van der Waals surface area contributed by atoms with Crippen molar-refractivity contribution in [3.63, 3.8) is 0 Å². The zero-order valence-corrected chi connectivity index (χ0v) is 20.7. The first-order valence-corrected chi connectivity index (χ1v) is 12.7. The molecule has 1 N–H and O–H groups in total. The van der Waals surface area contributed by atoms with Crippen LogP contribution in [0.5, 0.6) is 11.5 Å². The Bertz CT molecular complexity index is 1190. The van der Waals surface area contributed by atoms with E-state index in [1.165, 1.54) is 11.8 Å². The van der Waals surface area contributed by atoms with Gasteiger partial charge < -0.3 is 24.4 Å². The summed E-state index contributed by atoms with van der Waals surface area (Å²) in [7, 11) is 0. The number of morpholine rings is 1. The average Bonchev–Trinajstić information content (AvgIpc) is 3.31. The molecule has 2 aliphatic heterocycles. The maximum Gasteiger partial charge on any atom is 0.232 e. The number of aromatic nitrogens is 3. The number of rotatable bonds is 7. The standard InChI is InChI=1S/C25H29N5O4S/c1-17-5-3-4-6-20(17)30-24(29-9-11-32-12-10-29)27-28-25(30)35-16-23(31)26-18(2)19-7-8-21-22(15-19)34-14-13-33-21/h3-8,15,18H,9-14,16H2,1-2H3,(H,26,31)/t18-/m1/s1. The van der Waals surface area contributed by atoms with Gasteiger partial charge in [-0.25, -0.2) is 0 Å². The number of nitrogens with one attached hydrogen (secondary N) is 1. The number of benzene rings is 2. The van der Waals surface area contributed by atoms with Crippen molar-refractivity contribution >= 4 is 23.6 Å². The van der Waals surface area contributed by atoms with Gasteiger partial charge in [0.25, 0.3) is 0 Å². The van der Waals surface area contributed by atoms with Crippen molar-refractivity contribution in [2.45, 2.75) is 25.0 Å². The number of ether oxygens (including phenoxy) is 3. The number of carbonyl (C=O) groups is 1. The van der Waals surface area contributed by atoms with Gasteiger partial charge in [0.2, 0.25) is 11.9 Å². The van der Waals surface area contributed by atoms with Crippen LogP contribution < -0.4 is 19.7 Å². The van der Waals surface area contributed by atoms with Crippen LogP contribution in [-0.4, -0.2) is 65.9 Å². The number of aryl methyl sites for hydroxylation is 1. The Kier molecular flexibility index (Phi) is 7.10. The molecular formula is C25H29N5O4S. The van der Waals surface area contributed by atoms with Gasteiger partial charge in [0.15, 0.2) is 16.7 Å². The SMILES string of the molecule is Cc1ccccc1-n1c(SCC(=O)N[C@H](C)c2ccc3c(c2)OCCO3)nnc1N1CCOCC1. The first-order chi connectivity index (χ1) is 17.1. The molecule has 0 bridgehead atoms. The largest absolute Gasteiger partial charge is 0.486 e. The molecule has 5 rings (SSSR count). The lowest BCUT2D eigenvalue weighted by Crippen LogP contribution is -2.38. The fourth-order valence-electron chi connectivity index (χ4n) is 4.17. The monoisotopic (exact) mass is 495 g/mol. The minimum absolute atomic E-state index is 0.0790. The molecule has 1 fully saturated rings.